The molecule has 2 heterocycles. The molecule has 1 aromatic heterocycles. The summed E-state index contributed by atoms with van der Waals surface area (Å²) in [5.74, 6) is 0. The van der Waals surface area contributed by atoms with E-state index in [0.29, 0.717) is 6.10 Å². The van der Waals surface area contributed by atoms with Crippen LogP contribution in [-0.4, -0.2) is 43.8 Å². The second kappa shape index (κ2) is 8.37. The van der Waals surface area contributed by atoms with Crippen LogP contribution in [0.3, 0.4) is 0 Å². The maximum Gasteiger partial charge on any atom is 0.0702 e. The third kappa shape index (κ3) is 5.52. The van der Waals surface area contributed by atoms with Gasteiger partial charge in [-0.2, -0.15) is 0 Å². The molecule has 108 valence electrons. The maximum absolute atomic E-state index is 5.70. The van der Waals surface area contributed by atoms with E-state index in [1.54, 1.807) is 11.3 Å². The number of hydrogen-bond donors (Lipinski definition) is 1. The Morgan fingerprint density at radius 3 is 3.11 bits per heavy atom. The van der Waals surface area contributed by atoms with Crippen molar-refractivity contribution in [3.63, 3.8) is 0 Å². The van der Waals surface area contributed by atoms with E-state index in [1.165, 1.54) is 22.2 Å². The molecular weight excluding hydrogens is 324 g/mol. The molecule has 0 saturated carbocycles. The van der Waals surface area contributed by atoms with Gasteiger partial charge in [-0.05, 0) is 41.4 Å². The van der Waals surface area contributed by atoms with Gasteiger partial charge >= 0.3 is 0 Å². The normalized spacial score (nSPS) is 19.4. The molecule has 1 aliphatic heterocycles. The van der Waals surface area contributed by atoms with Crippen molar-refractivity contribution in [2.75, 3.05) is 32.8 Å². The van der Waals surface area contributed by atoms with Gasteiger partial charge in [-0.25, -0.2) is 0 Å². The number of likely N-dealkylation sites (N-methyl/N-ethyl adjacent to an activating group) is 1. The van der Waals surface area contributed by atoms with Crippen LogP contribution in [0, 0.1) is 0 Å². The van der Waals surface area contributed by atoms with E-state index in [2.05, 4.69) is 44.5 Å². The second-order valence-corrected chi connectivity index (χ2v) is 6.85. The molecule has 0 aliphatic carbocycles. The number of nitrogens with zero attached hydrogens (tertiary/aromatic N) is 1. The standard InChI is InChI=1S/C14H23BrN2OS/c1-2-17(10-13-4-3-7-18-13)6-5-16-9-14-8-12(15)11-19-14/h8,11,13,16H,2-7,9-10H2,1H3. The number of nitrogens with one attached hydrogen (secondary N) is 1. The Bertz CT molecular complexity index is 366. The van der Waals surface area contributed by atoms with Crippen LogP contribution in [0.25, 0.3) is 0 Å². The predicted octanol–water partition coefficient (Wildman–Crippen LogP) is 3.10. The molecule has 0 amide bonds. The van der Waals surface area contributed by atoms with Gasteiger partial charge in [0.2, 0.25) is 0 Å². The highest BCUT2D eigenvalue weighted by atomic mass is 79.9. The molecular formula is C14H23BrN2OS. The lowest BCUT2D eigenvalue weighted by atomic mass is 10.2. The zero-order valence-electron chi connectivity index (χ0n) is 11.5. The van der Waals surface area contributed by atoms with Gasteiger partial charge in [0, 0.05) is 47.5 Å². The fraction of sp³-hybridized carbons (Fsp3) is 0.714. The molecule has 3 nitrogen and oxygen atoms in total. The smallest absolute Gasteiger partial charge is 0.0702 e. The minimum atomic E-state index is 0.466. The van der Waals surface area contributed by atoms with Crippen LogP contribution in [0.15, 0.2) is 15.9 Å². The fourth-order valence-electron chi connectivity index (χ4n) is 2.35. The lowest BCUT2D eigenvalue weighted by Crippen LogP contribution is -2.37. The van der Waals surface area contributed by atoms with Gasteiger partial charge in [0.05, 0.1) is 6.10 Å². The Kier molecular flexibility index (Phi) is 6.81. The van der Waals surface area contributed by atoms with Crippen LogP contribution < -0.4 is 5.32 Å². The molecule has 1 atom stereocenters. The molecule has 19 heavy (non-hydrogen) atoms. The highest BCUT2D eigenvalue weighted by Gasteiger charge is 2.17. The number of thiophene rings is 1. The van der Waals surface area contributed by atoms with Crippen LogP contribution >= 0.6 is 27.3 Å². The minimum Gasteiger partial charge on any atom is -0.377 e. The summed E-state index contributed by atoms with van der Waals surface area (Å²) in [4.78, 5) is 3.86. The predicted molar refractivity (Wildman–Crippen MR) is 84.8 cm³/mol. The van der Waals surface area contributed by atoms with Gasteiger partial charge in [-0.3, -0.25) is 4.90 Å². The Morgan fingerprint density at radius 1 is 1.58 bits per heavy atom. The van der Waals surface area contributed by atoms with Crippen molar-refractivity contribution in [1.29, 1.82) is 0 Å². The summed E-state index contributed by atoms with van der Waals surface area (Å²) in [5.41, 5.74) is 0. The molecule has 0 radical (unpaired) electrons. The first-order valence-corrected chi connectivity index (χ1v) is 8.72. The van der Waals surface area contributed by atoms with E-state index in [4.69, 9.17) is 4.74 Å². The topological polar surface area (TPSA) is 24.5 Å². The first-order valence-electron chi connectivity index (χ1n) is 7.05. The van der Waals surface area contributed by atoms with E-state index in [0.717, 1.165) is 39.3 Å². The molecule has 1 aromatic rings. The summed E-state index contributed by atoms with van der Waals surface area (Å²) >= 11 is 5.28. The van der Waals surface area contributed by atoms with E-state index in [9.17, 15) is 0 Å². The molecule has 5 heteroatoms. The summed E-state index contributed by atoms with van der Waals surface area (Å²) in [5, 5.41) is 5.64. The lowest BCUT2D eigenvalue weighted by Gasteiger charge is -2.23. The van der Waals surface area contributed by atoms with Crippen molar-refractivity contribution < 1.29 is 4.74 Å². The average molecular weight is 347 g/mol. The van der Waals surface area contributed by atoms with Gasteiger partial charge < -0.3 is 10.1 Å². The summed E-state index contributed by atoms with van der Waals surface area (Å²) in [6.07, 6.45) is 2.93. The fourth-order valence-corrected chi connectivity index (χ4v) is 3.77. The van der Waals surface area contributed by atoms with Gasteiger partial charge in [0.1, 0.15) is 0 Å². The highest BCUT2D eigenvalue weighted by molar-refractivity contribution is 9.10. The summed E-state index contributed by atoms with van der Waals surface area (Å²) in [6.45, 7) is 8.47. The maximum atomic E-state index is 5.70. The monoisotopic (exact) mass is 346 g/mol. The van der Waals surface area contributed by atoms with Crippen molar-refractivity contribution in [2.45, 2.75) is 32.4 Å². The number of halogens is 1. The minimum absolute atomic E-state index is 0.466. The third-order valence-corrected chi connectivity index (χ3v) is 5.16. The number of ether oxygens (including phenoxy) is 1. The highest BCUT2D eigenvalue weighted by Crippen LogP contribution is 2.19. The van der Waals surface area contributed by atoms with Gasteiger partial charge in [-0.1, -0.05) is 6.92 Å². The molecule has 0 bridgehead atoms. The van der Waals surface area contributed by atoms with Crippen LogP contribution in [0.5, 0.6) is 0 Å². The SMILES string of the molecule is CCN(CCNCc1cc(Br)cs1)CC1CCCO1. The van der Waals surface area contributed by atoms with Crippen molar-refractivity contribution in [2.24, 2.45) is 0 Å². The van der Waals surface area contributed by atoms with Crippen LogP contribution in [0.1, 0.15) is 24.6 Å². The number of hydrogen-bond acceptors (Lipinski definition) is 4. The summed E-state index contributed by atoms with van der Waals surface area (Å²) in [6, 6.07) is 2.18. The molecule has 1 fully saturated rings. The van der Waals surface area contributed by atoms with E-state index in [1.807, 2.05) is 0 Å². The van der Waals surface area contributed by atoms with E-state index < -0.39 is 0 Å². The third-order valence-electron chi connectivity index (χ3n) is 3.46. The molecule has 2 rings (SSSR count). The largest absolute Gasteiger partial charge is 0.377 e. The zero-order valence-corrected chi connectivity index (χ0v) is 13.9. The first-order chi connectivity index (χ1) is 9.28. The number of rotatable bonds is 8. The van der Waals surface area contributed by atoms with Crippen LogP contribution in [0.2, 0.25) is 0 Å². The zero-order chi connectivity index (χ0) is 13.5. The van der Waals surface area contributed by atoms with Crippen molar-refractivity contribution in [3.8, 4) is 0 Å². The summed E-state index contributed by atoms with van der Waals surface area (Å²) in [7, 11) is 0. The molecule has 1 aliphatic rings. The lowest BCUT2D eigenvalue weighted by molar-refractivity contribution is 0.0751. The Hall–Kier alpha value is 0.0600. The van der Waals surface area contributed by atoms with E-state index in [-0.39, 0.29) is 0 Å². The quantitative estimate of drug-likeness (QED) is 0.732. The Labute approximate surface area is 128 Å². The summed E-state index contributed by atoms with van der Waals surface area (Å²) < 4.78 is 6.88. The van der Waals surface area contributed by atoms with Gasteiger partial charge in [0.15, 0.2) is 0 Å². The molecule has 1 saturated heterocycles. The van der Waals surface area contributed by atoms with Gasteiger partial charge in [-0.15, -0.1) is 11.3 Å². The average Bonchev–Trinajstić information content (AvgIpc) is 3.05. The second-order valence-electron chi connectivity index (χ2n) is 4.94. The molecule has 1 unspecified atom stereocenters. The van der Waals surface area contributed by atoms with Crippen LogP contribution in [0.4, 0.5) is 0 Å². The van der Waals surface area contributed by atoms with Gasteiger partial charge in [0.25, 0.3) is 0 Å². The first kappa shape index (κ1) is 15.4. The van der Waals surface area contributed by atoms with Crippen molar-refractivity contribution >= 4 is 27.3 Å². The van der Waals surface area contributed by atoms with E-state index >= 15 is 0 Å². The molecule has 0 spiro atoms. The van der Waals surface area contributed by atoms with Crippen LogP contribution in [-0.2, 0) is 11.3 Å². The van der Waals surface area contributed by atoms with Crippen molar-refractivity contribution in [1.82, 2.24) is 10.2 Å². The molecule has 1 N–H and O–H groups in total. The Morgan fingerprint density at radius 2 is 2.47 bits per heavy atom. The molecule has 0 aromatic carbocycles. The Balaban J connectivity index is 1.60. The van der Waals surface area contributed by atoms with Crippen molar-refractivity contribution in [3.05, 3.63) is 20.8 Å².